The predicted octanol–water partition coefficient (Wildman–Crippen LogP) is 0.000800. The van der Waals surface area contributed by atoms with Crippen LogP contribution in [0.3, 0.4) is 0 Å². The number of nitrogens with one attached hydrogen (secondary N) is 1. The standard InChI is InChI=1S/C8H18N2O2/c1-7(6-10(2)3)9-5-4-8(11)12/h7,9H,4-6H2,1-3H3,(H,11,12). The molecule has 0 radical (unpaired) electrons. The zero-order valence-electron chi connectivity index (χ0n) is 8.00. The largest absolute Gasteiger partial charge is 0.481 e. The molecule has 0 rings (SSSR count). The van der Waals surface area contributed by atoms with Gasteiger partial charge in [-0.2, -0.15) is 0 Å². The third kappa shape index (κ3) is 7.50. The number of hydrogen-bond donors (Lipinski definition) is 2. The molecule has 0 aromatic carbocycles. The number of hydrogen-bond acceptors (Lipinski definition) is 3. The van der Waals surface area contributed by atoms with E-state index in [9.17, 15) is 4.79 Å². The summed E-state index contributed by atoms with van der Waals surface area (Å²) in [6, 6.07) is 0.347. The molecule has 12 heavy (non-hydrogen) atoms. The Labute approximate surface area is 73.6 Å². The molecule has 0 saturated carbocycles. The molecule has 4 heteroatoms. The first-order valence-electron chi connectivity index (χ1n) is 4.12. The van der Waals surface area contributed by atoms with Crippen LogP contribution >= 0.6 is 0 Å². The molecule has 4 nitrogen and oxygen atoms in total. The van der Waals surface area contributed by atoms with Gasteiger partial charge in [-0.3, -0.25) is 4.79 Å². The molecule has 0 saturated heterocycles. The quantitative estimate of drug-likeness (QED) is 0.595. The van der Waals surface area contributed by atoms with Crippen molar-refractivity contribution in [3.05, 3.63) is 0 Å². The molecular weight excluding hydrogens is 156 g/mol. The van der Waals surface area contributed by atoms with Crippen LogP contribution in [0.1, 0.15) is 13.3 Å². The summed E-state index contributed by atoms with van der Waals surface area (Å²) in [5, 5.41) is 11.5. The summed E-state index contributed by atoms with van der Waals surface area (Å²) in [4.78, 5) is 12.2. The molecule has 72 valence electrons. The predicted molar refractivity (Wildman–Crippen MR) is 48.3 cm³/mol. The smallest absolute Gasteiger partial charge is 0.304 e. The average Bonchev–Trinajstić information content (AvgIpc) is 1.84. The molecule has 0 amide bonds. The van der Waals surface area contributed by atoms with Gasteiger partial charge in [0.2, 0.25) is 0 Å². The van der Waals surface area contributed by atoms with E-state index in [1.165, 1.54) is 0 Å². The van der Waals surface area contributed by atoms with Gasteiger partial charge in [0.1, 0.15) is 0 Å². The van der Waals surface area contributed by atoms with Crippen molar-refractivity contribution < 1.29 is 9.90 Å². The number of carbonyl (C=O) groups is 1. The lowest BCUT2D eigenvalue weighted by molar-refractivity contribution is -0.136. The van der Waals surface area contributed by atoms with Crippen molar-refractivity contribution >= 4 is 5.97 Å². The van der Waals surface area contributed by atoms with Gasteiger partial charge in [-0.25, -0.2) is 0 Å². The van der Waals surface area contributed by atoms with Crippen LogP contribution in [0.25, 0.3) is 0 Å². The molecule has 0 aliphatic heterocycles. The van der Waals surface area contributed by atoms with Crippen molar-refractivity contribution in [2.24, 2.45) is 0 Å². The van der Waals surface area contributed by atoms with Crippen LogP contribution in [0, 0.1) is 0 Å². The summed E-state index contributed by atoms with van der Waals surface area (Å²) in [5.41, 5.74) is 0. The summed E-state index contributed by atoms with van der Waals surface area (Å²) >= 11 is 0. The second-order valence-corrected chi connectivity index (χ2v) is 3.26. The number of nitrogens with zero attached hydrogens (tertiary/aromatic N) is 1. The highest BCUT2D eigenvalue weighted by Crippen LogP contribution is 1.85. The van der Waals surface area contributed by atoms with Crippen LogP contribution in [-0.4, -0.2) is 49.2 Å². The van der Waals surface area contributed by atoms with E-state index >= 15 is 0 Å². The molecule has 0 heterocycles. The molecule has 1 atom stereocenters. The molecule has 0 fully saturated rings. The SMILES string of the molecule is CC(CN(C)C)NCCC(=O)O. The topological polar surface area (TPSA) is 52.6 Å². The van der Waals surface area contributed by atoms with E-state index in [-0.39, 0.29) is 6.42 Å². The highest BCUT2D eigenvalue weighted by atomic mass is 16.4. The van der Waals surface area contributed by atoms with E-state index in [4.69, 9.17) is 5.11 Å². The molecule has 0 aromatic rings. The lowest BCUT2D eigenvalue weighted by atomic mass is 10.3. The third-order valence-corrected chi connectivity index (χ3v) is 1.47. The van der Waals surface area contributed by atoms with Gasteiger partial charge in [-0.05, 0) is 21.0 Å². The minimum atomic E-state index is -0.750. The number of rotatable bonds is 6. The monoisotopic (exact) mass is 174 g/mol. The van der Waals surface area contributed by atoms with Crippen LogP contribution < -0.4 is 5.32 Å². The molecule has 0 aromatic heterocycles. The van der Waals surface area contributed by atoms with Gasteiger partial charge in [0, 0.05) is 19.1 Å². The van der Waals surface area contributed by atoms with E-state index in [0.29, 0.717) is 12.6 Å². The molecule has 0 bridgehead atoms. The highest BCUT2D eigenvalue weighted by molar-refractivity contribution is 5.66. The van der Waals surface area contributed by atoms with Gasteiger partial charge in [0.25, 0.3) is 0 Å². The van der Waals surface area contributed by atoms with Crippen LogP contribution in [0.5, 0.6) is 0 Å². The molecule has 0 spiro atoms. The summed E-state index contributed by atoms with van der Waals surface area (Å²) in [5.74, 6) is -0.750. The third-order valence-electron chi connectivity index (χ3n) is 1.47. The Kier molecular flexibility index (Phi) is 5.66. The van der Waals surface area contributed by atoms with E-state index in [0.717, 1.165) is 6.54 Å². The zero-order chi connectivity index (χ0) is 9.56. The van der Waals surface area contributed by atoms with Crippen LogP contribution in [0.4, 0.5) is 0 Å². The summed E-state index contributed by atoms with van der Waals surface area (Å²) in [7, 11) is 3.99. The summed E-state index contributed by atoms with van der Waals surface area (Å²) in [6.45, 7) is 3.52. The molecule has 2 N–H and O–H groups in total. The first-order valence-corrected chi connectivity index (χ1v) is 4.12. The minimum Gasteiger partial charge on any atom is -0.481 e. The maximum Gasteiger partial charge on any atom is 0.304 e. The second-order valence-electron chi connectivity index (χ2n) is 3.26. The molecule has 0 aliphatic rings. The maximum atomic E-state index is 10.2. The fourth-order valence-electron chi connectivity index (χ4n) is 1.04. The summed E-state index contributed by atoms with van der Waals surface area (Å²) < 4.78 is 0. The van der Waals surface area contributed by atoms with Crippen molar-refractivity contribution in [2.45, 2.75) is 19.4 Å². The van der Waals surface area contributed by atoms with E-state index in [1.54, 1.807) is 0 Å². The Bertz CT molecular complexity index is 137. The van der Waals surface area contributed by atoms with Gasteiger partial charge in [-0.15, -0.1) is 0 Å². The molecule has 0 aliphatic carbocycles. The lowest BCUT2D eigenvalue weighted by Gasteiger charge is -2.17. The Hall–Kier alpha value is -0.610. The average molecular weight is 174 g/mol. The van der Waals surface area contributed by atoms with Gasteiger partial charge in [0.15, 0.2) is 0 Å². The number of aliphatic carboxylic acids is 1. The normalized spacial score (nSPS) is 13.3. The Morgan fingerprint density at radius 2 is 2.17 bits per heavy atom. The van der Waals surface area contributed by atoms with Gasteiger partial charge in [0.05, 0.1) is 6.42 Å². The van der Waals surface area contributed by atoms with Crippen molar-refractivity contribution in [1.82, 2.24) is 10.2 Å². The fourth-order valence-corrected chi connectivity index (χ4v) is 1.04. The summed E-state index contributed by atoms with van der Waals surface area (Å²) in [6.07, 6.45) is 0.192. The van der Waals surface area contributed by atoms with Gasteiger partial charge >= 0.3 is 5.97 Å². The fraction of sp³-hybridized carbons (Fsp3) is 0.875. The Morgan fingerprint density at radius 3 is 2.58 bits per heavy atom. The Balaban J connectivity index is 3.31. The number of carboxylic acids is 1. The van der Waals surface area contributed by atoms with Gasteiger partial charge < -0.3 is 15.3 Å². The van der Waals surface area contributed by atoms with Gasteiger partial charge in [-0.1, -0.05) is 0 Å². The Morgan fingerprint density at radius 1 is 1.58 bits per heavy atom. The van der Waals surface area contributed by atoms with Crippen molar-refractivity contribution in [3.8, 4) is 0 Å². The van der Waals surface area contributed by atoms with E-state index in [2.05, 4.69) is 10.2 Å². The highest BCUT2D eigenvalue weighted by Gasteiger charge is 2.02. The minimum absolute atomic E-state index is 0.192. The number of carboxylic acid groups (broad SMARTS) is 1. The van der Waals surface area contributed by atoms with Crippen LogP contribution in [0.15, 0.2) is 0 Å². The molecule has 1 unspecified atom stereocenters. The van der Waals surface area contributed by atoms with E-state index in [1.807, 2.05) is 21.0 Å². The van der Waals surface area contributed by atoms with Crippen molar-refractivity contribution in [2.75, 3.05) is 27.2 Å². The second kappa shape index (κ2) is 5.97. The lowest BCUT2D eigenvalue weighted by Crippen LogP contribution is -2.36. The van der Waals surface area contributed by atoms with Crippen molar-refractivity contribution in [3.63, 3.8) is 0 Å². The number of likely N-dealkylation sites (N-methyl/N-ethyl adjacent to an activating group) is 1. The molecular formula is C8H18N2O2. The first kappa shape index (κ1) is 11.4. The maximum absolute atomic E-state index is 10.2. The van der Waals surface area contributed by atoms with E-state index < -0.39 is 5.97 Å². The van der Waals surface area contributed by atoms with Crippen LogP contribution in [0.2, 0.25) is 0 Å². The van der Waals surface area contributed by atoms with Crippen LogP contribution in [-0.2, 0) is 4.79 Å². The van der Waals surface area contributed by atoms with Crippen molar-refractivity contribution in [1.29, 1.82) is 0 Å². The first-order chi connectivity index (χ1) is 5.52. The zero-order valence-corrected chi connectivity index (χ0v) is 8.00.